The van der Waals surface area contributed by atoms with Crippen molar-refractivity contribution >= 4 is 17.5 Å². The lowest BCUT2D eigenvalue weighted by Gasteiger charge is -2.19. The lowest BCUT2D eigenvalue weighted by molar-refractivity contribution is -0.385. The first-order chi connectivity index (χ1) is 21.0. The molecular weight excluding hydrogens is 566 g/mol. The van der Waals surface area contributed by atoms with E-state index in [0.717, 1.165) is 11.1 Å². The van der Waals surface area contributed by atoms with Crippen molar-refractivity contribution in [3.05, 3.63) is 99.6 Å². The van der Waals surface area contributed by atoms with Crippen molar-refractivity contribution in [2.24, 2.45) is 0 Å². The molecule has 0 unspecified atom stereocenters. The Morgan fingerprint density at radius 2 is 1.73 bits per heavy atom. The molecule has 0 aliphatic carbocycles. The van der Waals surface area contributed by atoms with Gasteiger partial charge in [0, 0.05) is 19.0 Å². The van der Waals surface area contributed by atoms with Crippen LogP contribution in [0.2, 0.25) is 0 Å². The van der Waals surface area contributed by atoms with Gasteiger partial charge in [-0.2, -0.15) is 15.2 Å². The Labute approximate surface area is 254 Å². The number of aryl methyl sites for hydroxylation is 1. The fourth-order valence-corrected chi connectivity index (χ4v) is 4.04. The Kier molecular flexibility index (Phi) is 9.92. The number of aromatic nitrogens is 2. The summed E-state index contributed by atoms with van der Waals surface area (Å²) in [4.78, 5) is 32.4. The van der Waals surface area contributed by atoms with Crippen molar-refractivity contribution in [2.45, 2.75) is 45.8 Å². The van der Waals surface area contributed by atoms with Crippen LogP contribution in [0.25, 0.3) is 0 Å². The maximum Gasteiger partial charge on any atom is 0.373 e. The molecule has 0 atom stereocenters. The number of nitrogens with zero attached hydrogens (tertiary/aromatic N) is 4. The smallest absolute Gasteiger partial charge is 0.373 e. The monoisotopic (exact) mass is 597 g/mol. The molecule has 0 spiro atoms. The third-order valence-corrected chi connectivity index (χ3v) is 5.96. The number of methoxy groups -OCH3 is 1. The van der Waals surface area contributed by atoms with Gasteiger partial charge in [0.1, 0.15) is 11.4 Å². The molecule has 1 N–H and O–H groups in total. The minimum absolute atomic E-state index is 0.129. The van der Waals surface area contributed by atoms with E-state index >= 15 is 0 Å². The zero-order chi connectivity index (χ0) is 31.7. The number of benzene rings is 3. The van der Waals surface area contributed by atoms with Crippen molar-refractivity contribution in [1.29, 1.82) is 5.26 Å². The van der Waals surface area contributed by atoms with Crippen LogP contribution in [0, 0.1) is 21.4 Å². The van der Waals surface area contributed by atoms with E-state index in [1.165, 1.54) is 13.2 Å². The first kappa shape index (κ1) is 31.2. The van der Waals surface area contributed by atoms with Crippen LogP contribution in [0.5, 0.6) is 29.1 Å². The molecule has 0 saturated heterocycles. The highest BCUT2D eigenvalue weighted by atomic mass is 16.6. The second kappa shape index (κ2) is 14.0. The van der Waals surface area contributed by atoms with Crippen LogP contribution in [0.4, 0.5) is 11.5 Å². The number of hydrogen-bond donors (Lipinski definition) is 1. The fraction of sp³-hybridized carbons (Fsp3) is 0.250. The highest BCUT2D eigenvalue weighted by molar-refractivity contribution is 5.70. The van der Waals surface area contributed by atoms with E-state index in [-0.39, 0.29) is 48.1 Å². The lowest BCUT2D eigenvalue weighted by atomic mass is 10.1. The van der Waals surface area contributed by atoms with Crippen LogP contribution in [0.1, 0.15) is 43.9 Å². The molecule has 0 amide bonds. The number of carbonyl (C=O) groups is 1. The molecular formula is C32H31N5O7. The standard InChI is InChI=1S/C32H31N5O7/c1-32(2,3)44-27(38)16-14-21-11-8-12-24(17-21)42-30-28(37(39)40)29(34-20-22-9-6-5-7-10-22)35-31(36-30)43-26-18-23(19-33)13-15-25(26)41-4/h5-13,15,17-18H,14,16,20H2,1-4H3,(H,34,35,36). The summed E-state index contributed by atoms with van der Waals surface area (Å²) < 4.78 is 22.6. The van der Waals surface area contributed by atoms with Gasteiger partial charge < -0.3 is 24.3 Å². The van der Waals surface area contributed by atoms with Gasteiger partial charge in [-0.15, -0.1) is 0 Å². The molecule has 1 heterocycles. The largest absolute Gasteiger partial charge is 0.493 e. The van der Waals surface area contributed by atoms with Crippen LogP contribution in [-0.2, 0) is 22.5 Å². The maximum atomic E-state index is 12.3. The van der Waals surface area contributed by atoms with E-state index in [2.05, 4.69) is 15.3 Å². The molecule has 0 radical (unpaired) electrons. The van der Waals surface area contributed by atoms with Crippen molar-refractivity contribution in [2.75, 3.05) is 12.4 Å². The minimum Gasteiger partial charge on any atom is -0.493 e. The van der Waals surface area contributed by atoms with Crippen molar-refractivity contribution in [1.82, 2.24) is 9.97 Å². The maximum absolute atomic E-state index is 12.3. The van der Waals surface area contributed by atoms with E-state index in [9.17, 15) is 20.2 Å². The van der Waals surface area contributed by atoms with E-state index in [1.54, 1.807) is 51.1 Å². The average molecular weight is 598 g/mol. The zero-order valence-corrected chi connectivity index (χ0v) is 24.7. The van der Waals surface area contributed by atoms with Crippen molar-refractivity contribution in [3.8, 4) is 35.2 Å². The summed E-state index contributed by atoms with van der Waals surface area (Å²) >= 11 is 0. The third-order valence-electron chi connectivity index (χ3n) is 5.96. The number of anilines is 1. The molecule has 0 saturated carbocycles. The van der Waals surface area contributed by atoms with Crippen LogP contribution >= 0.6 is 0 Å². The van der Waals surface area contributed by atoms with Crippen molar-refractivity contribution in [3.63, 3.8) is 0 Å². The minimum atomic E-state index is -0.643. The van der Waals surface area contributed by atoms with Gasteiger partial charge in [0.05, 0.1) is 23.7 Å². The first-order valence-corrected chi connectivity index (χ1v) is 13.6. The molecule has 0 aliphatic heterocycles. The Balaban J connectivity index is 1.69. The van der Waals surface area contributed by atoms with E-state index in [4.69, 9.17) is 18.9 Å². The second-order valence-electron chi connectivity index (χ2n) is 10.5. The van der Waals surface area contributed by atoms with Crippen molar-refractivity contribution < 1.29 is 28.7 Å². The molecule has 12 heteroatoms. The summed E-state index contributed by atoms with van der Waals surface area (Å²) in [6.45, 7) is 5.60. The molecule has 0 fully saturated rings. The van der Waals surface area contributed by atoms with Gasteiger partial charge in [0.2, 0.25) is 5.82 Å². The molecule has 226 valence electrons. The van der Waals surface area contributed by atoms with Crippen LogP contribution in [0.3, 0.4) is 0 Å². The summed E-state index contributed by atoms with van der Waals surface area (Å²) in [6.07, 6.45) is 0.509. The SMILES string of the molecule is COc1ccc(C#N)cc1Oc1nc(NCc2ccccc2)c([N+](=O)[O-])c(Oc2cccc(CCC(=O)OC(C)(C)C)c2)n1. The van der Waals surface area contributed by atoms with Gasteiger partial charge in [-0.25, -0.2) is 0 Å². The number of carbonyl (C=O) groups excluding carboxylic acids is 1. The van der Waals surface area contributed by atoms with Crippen LogP contribution < -0.4 is 19.5 Å². The highest BCUT2D eigenvalue weighted by Gasteiger charge is 2.28. The zero-order valence-electron chi connectivity index (χ0n) is 24.7. The van der Waals surface area contributed by atoms with Gasteiger partial charge in [-0.05, 0) is 62.6 Å². The Morgan fingerprint density at radius 3 is 2.41 bits per heavy atom. The molecule has 0 bridgehead atoms. The van der Waals surface area contributed by atoms with Gasteiger partial charge in [0.25, 0.3) is 0 Å². The van der Waals surface area contributed by atoms with E-state index in [0.29, 0.717) is 17.7 Å². The molecule has 3 aromatic carbocycles. The summed E-state index contributed by atoms with van der Waals surface area (Å²) in [6, 6.07) is 22.3. The van der Waals surface area contributed by atoms with Gasteiger partial charge in [0.15, 0.2) is 11.5 Å². The number of hydrogen-bond acceptors (Lipinski definition) is 11. The number of rotatable bonds is 12. The number of ether oxygens (including phenoxy) is 4. The molecule has 44 heavy (non-hydrogen) atoms. The highest BCUT2D eigenvalue weighted by Crippen LogP contribution is 2.39. The summed E-state index contributed by atoms with van der Waals surface area (Å²) in [7, 11) is 1.43. The summed E-state index contributed by atoms with van der Waals surface area (Å²) in [5.74, 6) is -0.195. The normalized spacial score (nSPS) is 10.8. The number of esters is 1. The Morgan fingerprint density at radius 1 is 0.977 bits per heavy atom. The average Bonchev–Trinajstić information content (AvgIpc) is 2.98. The first-order valence-electron chi connectivity index (χ1n) is 13.6. The predicted octanol–water partition coefficient (Wildman–Crippen LogP) is 6.74. The fourth-order valence-electron chi connectivity index (χ4n) is 4.04. The van der Waals surface area contributed by atoms with Gasteiger partial charge >= 0.3 is 23.5 Å². The molecule has 4 rings (SSSR count). The van der Waals surface area contributed by atoms with Crippen LogP contribution in [-0.4, -0.2) is 33.6 Å². The summed E-state index contributed by atoms with van der Waals surface area (Å²) in [5.41, 5.74) is 0.795. The van der Waals surface area contributed by atoms with Crippen LogP contribution in [0.15, 0.2) is 72.8 Å². The molecule has 12 nitrogen and oxygen atoms in total. The second-order valence-corrected chi connectivity index (χ2v) is 10.5. The molecule has 1 aromatic heterocycles. The Bertz CT molecular complexity index is 1680. The lowest BCUT2D eigenvalue weighted by Crippen LogP contribution is -2.24. The third kappa shape index (κ3) is 8.65. The van der Waals surface area contributed by atoms with E-state index in [1.807, 2.05) is 42.5 Å². The van der Waals surface area contributed by atoms with E-state index < -0.39 is 16.2 Å². The number of nitriles is 1. The van der Waals surface area contributed by atoms with Gasteiger partial charge in [-0.3, -0.25) is 14.9 Å². The predicted molar refractivity (Wildman–Crippen MR) is 161 cm³/mol. The quantitative estimate of drug-likeness (QED) is 0.105. The number of nitro groups is 1. The Hall–Kier alpha value is -5.70. The topological polar surface area (TPSA) is 159 Å². The molecule has 0 aliphatic rings. The van der Waals surface area contributed by atoms with Gasteiger partial charge in [-0.1, -0.05) is 42.5 Å². The number of nitrogens with one attached hydrogen (secondary N) is 1. The molecule has 4 aromatic rings. The summed E-state index contributed by atoms with van der Waals surface area (Å²) in [5, 5.41) is 24.7.